The van der Waals surface area contributed by atoms with Gasteiger partial charge in [-0.2, -0.15) is 0 Å². The first kappa shape index (κ1) is 18.6. The highest BCUT2D eigenvalue weighted by Crippen LogP contribution is 2.26. The number of rotatable bonds is 3. The van der Waals surface area contributed by atoms with Crippen molar-refractivity contribution in [2.75, 3.05) is 5.32 Å². The number of hydrogen-bond acceptors (Lipinski definition) is 2. The highest BCUT2D eigenvalue weighted by molar-refractivity contribution is 7.81. The molecule has 2 aromatic carbocycles. The maximum absolute atomic E-state index is 6.21. The molecular formula is C22H21ClN2S. The first-order valence-corrected chi connectivity index (χ1v) is 9.26. The molecule has 0 saturated heterocycles. The zero-order valence-corrected chi connectivity index (χ0v) is 16.7. The average Bonchev–Trinajstić information content (AvgIpc) is 2.62. The number of nitrogens with one attached hydrogen (secondary N) is 1. The second kappa shape index (κ2) is 7.56. The molecule has 0 spiro atoms. The Balaban J connectivity index is 1.73. The van der Waals surface area contributed by atoms with Gasteiger partial charge in [0.05, 0.1) is 10.7 Å². The maximum atomic E-state index is 6.21. The second-order valence-corrected chi connectivity index (χ2v) is 8.01. The molecule has 0 aliphatic rings. The van der Waals surface area contributed by atoms with Crippen LogP contribution in [0.25, 0.3) is 11.3 Å². The van der Waals surface area contributed by atoms with Crippen LogP contribution in [0, 0.1) is 0 Å². The molecule has 1 N–H and O–H groups in total. The quantitative estimate of drug-likeness (QED) is 0.526. The largest absolute Gasteiger partial charge is 0.346 e. The lowest BCUT2D eigenvalue weighted by Crippen LogP contribution is -2.12. The van der Waals surface area contributed by atoms with E-state index in [0.717, 1.165) is 22.5 Å². The summed E-state index contributed by atoms with van der Waals surface area (Å²) in [4.78, 5) is 5.03. The van der Waals surface area contributed by atoms with Crippen molar-refractivity contribution in [2.45, 2.75) is 26.2 Å². The summed E-state index contributed by atoms with van der Waals surface area (Å²) < 4.78 is 0. The van der Waals surface area contributed by atoms with E-state index in [1.54, 1.807) is 6.20 Å². The van der Waals surface area contributed by atoms with Crippen molar-refractivity contribution < 1.29 is 0 Å². The average molecular weight is 381 g/mol. The molecule has 1 aromatic heterocycles. The van der Waals surface area contributed by atoms with E-state index < -0.39 is 0 Å². The number of hydrogen-bond donors (Lipinski definition) is 1. The molecule has 0 amide bonds. The van der Waals surface area contributed by atoms with Crippen LogP contribution in [0.15, 0.2) is 66.9 Å². The number of pyridine rings is 1. The minimum atomic E-state index is 0.140. The van der Waals surface area contributed by atoms with Gasteiger partial charge in [-0.3, -0.25) is 4.98 Å². The van der Waals surface area contributed by atoms with E-state index in [1.165, 1.54) is 5.56 Å². The topological polar surface area (TPSA) is 24.9 Å². The Morgan fingerprint density at radius 3 is 2.19 bits per heavy atom. The molecule has 1 heterocycles. The van der Waals surface area contributed by atoms with Crippen molar-refractivity contribution >= 4 is 34.5 Å². The Morgan fingerprint density at radius 2 is 1.62 bits per heavy atom. The van der Waals surface area contributed by atoms with Gasteiger partial charge in [0, 0.05) is 23.0 Å². The van der Waals surface area contributed by atoms with Crippen LogP contribution in [0.2, 0.25) is 5.02 Å². The van der Waals surface area contributed by atoms with E-state index in [0.29, 0.717) is 10.0 Å². The first-order chi connectivity index (χ1) is 12.3. The van der Waals surface area contributed by atoms with Gasteiger partial charge in [0.1, 0.15) is 4.99 Å². The summed E-state index contributed by atoms with van der Waals surface area (Å²) in [5.41, 5.74) is 5.12. The molecular weight excluding hydrogens is 360 g/mol. The SMILES string of the molecule is CC(C)(C)c1ccc(NC(=S)c2ccc(-c3ncccc3Cl)cc2)cc1. The number of nitrogens with zero attached hydrogens (tertiary/aromatic N) is 1. The van der Waals surface area contributed by atoms with Crippen LogP contribution < -0.4 is 5.32 Å². The molecule has 0 aliphatic heterocycles. The van der Waals surface area contributed by atoms with Gasteiger partial charge in [-0.25, -0.2) is 0 Å². The lowest BCUT2D eigenvalue weighted by molar-refractivity contribution is 0.590. The summed E-state index contributed by atoms with van der Waals surface area (Å²) in [6, 6.07) is 20.0. The molecule has 0 unspecified atom stereocenters. The molecule has 3 aromatic rings. The summed E-state index contributed by atoms with van der Waals surface area (Å²) >= 11 is 11.8. The Kier molecular flexibility index (Phi) is 5.40. The van der Waals surface area contributed by atoms with Crippen molar-refractivity contribution in [3.63, 3.8) is 0 Å². The molecule has 0 saturated carbocycles. The third-order valence-corrected chi connectivity index (χ3v) is 4.83. The van der Waals surface area contributed by atoms with E-state index in [-0.39, 0.29) is 5.41 Å². The van der Waals surface area contributed by atoms with Gasteiger partial charge in [-0.1, -0.05) is 81.0 Å². The Morgan fingerprint density at radius 1 is 0.962 bits per heavy atom. The fraction of sp³-hybridized carbons (Fsp3) is 0.182. The lowest BCUT2D eigenvalue weighted by Gasteiger charge is -2.19. The number of anilines is 1. The molecule has 2 nitrogen and oxygen atoms in total. The minimum Gasteiger partial charge on any atom is -0.346 e. The third-order valence-electron chi connectivity index (χ3n) is 4.19. The van der Waals surface area contributed by atoms with E-state index in [4.69, 9.17) is 23.8 Å². The van der Waals surface area contributed by atoms with Crippen molar-refractivity contribution in [3.8, 4) is 11.3 Å². The van der Waals surface area contributed by atoms with Gasteiger partial charge in [-0.05, 0) is 35.2 Å². The number of halogens is 1. The van der Waals surface area contributed by atoms with E-state index >= 15 is 0 Å². The fourth-order valence-corrected chi connectivity index (χ4v) is 3.12. The predicted molar refractivity (Wildman–Crippen MR) is 115 cm³/mol. The van der Waals surface area contributed by atoms with Crippen molar-refractivity contribution in [1.82, 2.24) is 4.98 Å². The van der Waals surface area contributed by atoms with Gasteiger partial charge in [-0.15, -0.1) is 0 Å². The lowest BCUT2D eigenvalue weighted by atomic mass is 9.87. The van der Waals surface area contributed by atoms with Gasteiger partial charge >= 0.3 is 0 Å². The van der Waals surface area contributed by atoms with Crippen LogP contribution >= 0.6 is 23.8 Å². The smallest absolute Gasteiger partial charge is 0.110 e. The molecule has 0 atom stereocenters. The van der Waals surface area contributed by atoms with Gasteiger partial charge in [0.25, 0.3) is 0 Å². The molecule has 26 heavy (non-hydrogen) atoms. The van der Waals surface area contributed by atoms with Crippen molar-refractivity contribution in [1.29, 1.82) is 0 Å². The summed E-state index contributed by atoms with van der Waals surface area (Å²) in [6.07, 6.45) is 1.74. The summed E-state index contributed by atoms with van der Waals surface area (Å²) in [6.45, 7) is 6.61. The fourth-order valence-electron chi connectivity index (χ4n) is 2.63. The van der Waals surface area contributed by atoms with Crippen molar-refractivity contribution in [3.05, 3.63) is 83.0 Å². The number of aromatic nitrogens is 1. The zero-order valence-electron chi connectivity index (χ0n) is 15.1. The van der Waals surface area contributed by atoms with Crippen LogP contribution in [0.1, 0.15) is 31.9 Å². The van der Waals surface area contributed by atoms with E-state index in [1.807, 2.05) is 36.4 Å². The van der Waals surface area contributed by atoms with E-state index in [9.17, 15) is 0 Å². The Hall–Kier alpha value is -2.23. The van der Waals surface area contributed by atoms with Crippen molar-refractivity contribution in [2.24, 2.45) is 0 Å². The van der Waals surface area contributed by atoms with Gasteiger partial charge in [0.2, 0.25) is 0 Å². The molecule has 0 bridgehead atoms. The van der Waals surface area contributed by atoms with Crippen LogP contribution in [-0.4, -0.2) is 9.97 Å². The molecule has 0 aliphatic carbocycles. The summed E-state index contributed by atoms with van der Waals surface area (Å²) in [5, 5.41) is 3.94. The monoisotopic (exact) mass is 380 g/mol. The third kappa shape index (κ3) is 4.29. The van der Waals surface area contributed by atoms with Gasteiger partial charge in [0.15, 0.2) is 0 Å². The zero-order chi connectivity index (χ0) is 18.7. The minimum absolute atomic E-state index is 0.140. The summed E-state index contributed by atoms with van der Waals surface area (Å²) in [5.74, 6) is 0. The normalized spacial score (nSPS) is 11.2. The number of thiocarbonyl (C=S) groups is 1. The Labute approximate surface area is 165 Å². The first-order valence-electron chi connectivity index (χ1n) is 8.47. The molecule has 0 fully saturated rings. The highest BCUT2D eigenvalue weighted by atomic mass is 35.5. The van der Waals surface area contributed by atoms with Crippen LogP contribution in [0.4, 0.5) is 5.69 Å². The second-order valence-electron chi connectivity index (χ2n) is 7.19. The van der Waals surface area contributed by atoms with Crippen LogP contribution in [-0.2, 0) is 5.41 Å². The highest BCUT2D eigenvalue weighted by Gasteiger charge is 2.13. The molecule has 3 rings (SSSR count). The number of benzene rings is 2. The van der Waals surface area contributed by atoms with E-state index in [2.05, 4.69) is 55.3 Å². The molecule has 0 radical (unpaired) electrons. The predicted octanol–water partition coefficient (Wildman–Crippen LogP) is 6.49. The van der Waals surface area contributed by atoms with Gasteiger partial charge < -0.3 is 5.32 Å². The maximum Gasteiger partial charge on any atom is 0.110 e. The summed E-state index contributed by atoms with van der Waals surface area (Å²) in [7, 11) is 0. The molecule has 132 valence electrons. The molecule has 4 heteroatoms. The Bertz CT molecular complexity index is 910. The van der Waals surface area contributed by atoms with Crippen LogP contribution in [0.3, 0.4) is 0 Å². The van der Waals surface area contributed by atoms with Crippen LogP contribution in [0.5, 0.6) is 0 Å². The standard InChI is InChI=1S/C22H21ClN2S/c1-22(2,3)17-10-12-18(13-11-17)25-21(26)16-8-6-15(7-9-16)20-19(23)5-4-14-24-20/h4-14H,1-3H3,(H,25,26).